The number of aromatic nitrogens is 2. The largest absolute Gasteiger partial charge is 0.411 e. The van der Waals surface area contributed by atoms with Crippen LogP contribution in [0.2, 0.25) is 5.02 Å². The van der Waals surface area contributed by atoms with Gasteiger partial charge in [0.15, 0.2) is 0 Å². The van der Waals surface area contributed by atoms with Gasteiger partial charge in [-0.15, -0.1) is 10.2 Å². The summed E-state index contributed by atoms with van der Waals surface area (Å²) in [5, 5.41) is 8.76. The first-order valence-corrected chi connectivity index (χ1v) is 10.1. The summed E-state index contributed by atoms with van der Waals surface area (Å²) in [6.07, 6.45) is 0. The van der Waals surface area contributed by atoms with Crippen LogP contribution in [0.1, 0.15) is 10.8 Å². The second kappa shape index (κ2) is 8.77. The van der Waals surface area contributed by atoms with Gasteiger partial charge in [0, 0.05) is 23.7 Å². The molecule has 3 aromatic rings. The molecule has 1 atom stereocenters. The van der Waals surface area contributed by atoms with Crippen molar-refractivity contribution in [1.29, 1.82) is 0 Å². The summed E-state index contributed by atoms with van der Waals surface area (Å²) >= 11 is 7.19. The third-order valence-corrected chi connectivity index (χ3v) is 5.69. The average Bonchev–Trinajstić information content (AvgIpc) is 3.22. The van der Waals surface area contributed by atoms with Crippen LogP contribution in [0.3, 0.4) is 0 Å². The van der Waals surface area contributed by atoms with Crippen LogP contribution in [0.25, 0.3) is 11.5 Å². The smallest absolute Gasteiger partial charge is 0.277 e. The van der Waals surface area contributed by atoms with Gasteiger partial charge in [0.25, 0.3) is 5.22 Å². The minimum atomic E-state index is -0.460. The molecule has 1 amide bonds. The molecule has 1 saturated heterocycles. The Bertz CT molecular complexity index is 927. The van der Waals surface area contributed by atoms with Gasteiger partial charge in [-0.1, -0.05) is 41.9 Å². The molecular weight excluding hydrogens is 398 g/mol. The summed E-state index contributed by atoms with van der Waals surface area (Å²) in [5.74, 6) is 0.413. The van der Waals surface area contributed by atoms with Crippen LogP contribution in [0, 0.1) is 0 Å². The van der Waals surface area contributed by atoms with Gasteiger partial charge in [-0.2, -0.15) is 0 Å². The first kappa shape index (κ1) is 19.0. The van der Waals surface area contributed by atoms with E-state index in [2.05, 4.69) is 10.2 Å². The Morgan fingerprint density at radius 3 is 2.46 bits per heavy atom. The molecule has 2 aromatic carbocycles. The van der Waals surface area contributed by atoms with Gasteiger partial charge in [-0.3, -0.25) is 4.79 Å². The summed E-state index contributed by atoms with van der Waals surface area (Å²) in [7, 11) is 0. The molecule has 0 aliphatic carbocycles. The molecule has 144 valence electrons. The number of carbonyl (C=O) groups excluding carboxylic acids is 1. The van der Waals surface area contributed by atoms with Gasteiger partial charge < -0.3 is 14.1 Å². The highest BCUT2D eigenvalue weighted by atomic mass is 35.5. The normalized spacial score (nSPS) is 15.4. The van der Waals surface area contributed by atoms with Crippen LogP contribution in [0.5, 0.6) is 0 Å². The molecule has 0 N–H and O–H groups in total. The molecular formula is C20H18ClN3O3S. The maximum Gasteiger partial charge on any atom is 0.277 e. The summed E-state index contributed by atoms with van der Waals surface area (Å²) in [4.78, 5) is 15.0. The lowest BCUT2D eigenvalue weighted by atomic mass is 10.1. The van der Waals surface area contributed by atoms with Gasteiger partial charge in [0.2, 0.25) is 11.8 Å². The molecule has 6 nitrogen and oxygen atoms in total. The Morgan fingerprint density at radius 1 is 1.04 bits per heavy atom. The molecule has 1 fully saturated rings. The number of halogens is 1. The number of carbonyl (C=O) groups is 1. The zero-order valence-corrected chi connectivity index (χ0v) is 16.5. The average molecular weight is 416 g/mol. The zero-order valence-electron chi connectivity index (χ0n) is 15.0. The van der Waals surface area contributed by atoms with E-state index in [1.54, 1.807) is 12.1 Å². The third-order valence-electron chi connectivity index (χ3n) is 4.37. The van der Waals surface area contributed by atoms with Crippen LogP contribution in [0.4, 0.5) is 0 Å². The topological polar surface area (TPSA) is 68.5 Å². The Labute approximate surface area is 171 Å². The van der Waals surface area contributed by atoms with Crippen molar-refractivity contribution >= 4 is 29.3 Å². The van der Waals surface area contributed by atoms with E-state index >= 15 is 0 Å². The molecule has 0 radical (unpaired) electrons. The van der Waals surface area contributed by atoms with Gasteiger partial charge in [-0.05, 0) is 41.6 Å². The molecule has 4 rings (SSSR count). The van der Waals surface area contributed by atoms with E-state index in [0.29, 0.717) is 42.4 Å². The molecule has 1 aromatic heterocycles. The fourth-order valence-corrected chi connectivity index (χ4v) is 3.99. The predicted molar refractivity (Wildman–Crippen MR) is 107 cm³/mol. The van der Waals surface area contributed by atoms with Crippen LogP contribution >= 0.6 is 23.4 Å². The Morgan fingerprint density at radius 2 is 1.75 bits per heavy atom. The van der Waals surface area contributed by atoms with Gasteiger partial charge >= 0.3 is 0 Å². The van der Waals surface area contributed by atoms with E-state index in [0.717, 1.165) is 11.1 Å². The summed E-state index contributed by atoms with van der Waals surface area (Å²) in [6, 6.07) is 16.8. The molecule has 0 bridgehead atoms. The fourth-order valence-electron chi connectivity index (χ4n) is 2.91. The highest BCUT2D eigenvalue weighted by Gasteiger charge is 2.30. The number of benzene rings is 2. The Balaban J connectivity index is 1.57. The van der Waals surface area contributed by atoms with Crippen LogP contribution in [-0.4, -0.2) is 47.3 Å². The monoisotopic (exact) mass is 415 g/mol. The van der Waals surface area contributed by atoms with Crippen LogP contribution < -0.4 is 0 Å². The maximum atomic E-state index is 13.2. The van der Waals surface area contributed by atoms with Gasteiger partial charge in [-0.25, -0.2) is 0 Å². The molecule has 0 saturated carbocycles. The van der Waals surface area contributed by atoms with E-state index in [1.807, 2.05) is 47.4 Å². The zero-order chi connectivity index (χ0) is 19.3. The number of amides is 1. The van der Waals surface area contributed by atoms with Crippen molar-refractivity contribution in [3.63, 3.8) is 0 Å². The second-order valence-corrected chi connectivity index (χ2v) is 7.72. The molecule has 0 unspecified atom stereocenters. The highest BCUT2D eigenvalue weighted by Crippen LogP contribution is 2.37. The van der Waals surface area contributed by atoms with Gasteiger partial charge in [0.05, 0.1) is 13.2 Å². The third kappa shape index (κ3) is 4.38. The Hall–Kier alpha value is -2.35. The molecule has 2 heterocycles. The van der Waals surface area contributed by atoms with Crippen molar-refractivity contribution in [3.8, 4) is 11.5 Å². The van der Waals surface area contributed by atoms with Gasteiger partial charge in [0.1, 0.15) is 5.25 Å². The van der Waals surface area contributed by atoms with Crippen molar-refractivity contribution in [2.24, 2.45) is 0 Å². The van der Waals surface area contributed by atoms with Crippen LogP contribution in [-0.2, 0) is 9.53 Å². The summed E-state index contributed by atoms with van der Waals surface area (Å²) < 4.78 is 11.2. The van der Waals surface area contributed by atoms with E-state index in [4.69, 9.17) is 20.8 Å². The highest BCUT2D eigenvalue weighted by molar-refractivity contribution is 8.00. The minimum absolute atomic E-state index is 0.0192. The number of nitrogens with zero attached hydrogens (tertiary/aromatic N) is 3. The SMILES string of the molecule is O=C([C@@H](Sc1nnc(-c2ccc(Cl)cc2)o1)c1ccccc1)N1CCOCC1. The molecule has 0 spiro atoms. The van der Waals surface area contributed by atoms with Crippen molar-refractivity contribution in [3.05, 3.63) is 65.2 Å². The number of thioether (sulfide) groups is 1. The number of hydrogen-bond acceptors (Lipinski definition) is 6. The van der Waals surface area contributed by atoms with E-state index in [1.165, 1.54) is 11.8 Å². The quantitative estimate of drug-likeness (QED) is 0.585. The standard InChI is InChI=1S/C20H18ClN3O3S/c21-16-8-6-15(7-9-16)18-22-23-20(27-18)28-17(14-4-2-1-3-5-14)19(25)24-10-12-26-13-11-24/h1-9,17H,10-13H2/t17-/m0/s1. The molecule has 1 aliphatic rings. The van der Waals surface area contributed by atoms with Crippen LogP contribution in [0.15, 0.2) is 64.2 Å². The summed E-state index contributed by atoms with van der Waals surface area (Å²) in [5.41, 5.74) is 1.68. The number of ether oxygens (including phenoxy) is 1. The fraction of sp³-hybridized carbons (Fsp3) is 0.250. The van der Waals surface area contributed by atoms with Crippen molar-refractivity contribution < 1.29 is 13.9 Å². The van der Waals surface area contributed by atoms with Crippen molar-refractivity contribution in [2.45, 2.75) is 10.5 Å². The molecule has 1 aliphatic heterocycles. The van der Waals surface area contributed by atoms with E-state index in [9.17, 15) is 4.79 Å². The lowest BCUT2D eigenvalue weighted by molar-refractivity contribution is -0.134. The predicted octanol–water partition coefficient (Wildman–Crippen LogP) is 4.08. The first-order valence-electron chi connectivity index (χ1n) is 8.88. The Kier molecular flexibility index (Phi) is 5.95. The summed E-state index contributed by atoms with van der Waals surface area (Å²) in [6.45, 7) is 2.28. The van der Waals surface area contributed by atoms with E-state index in [-0.39, 0.29) is 5.91 Å². The lowest BCUT2D eigenvalue weighted by Crippen LogP contribution is -2.42. The minimum Gasteiger partial charge on any atom is -0.411 e. The molecule has 8 heteroatoms. The number of rotatable bonds is 5. The first-order chi connectivity index (χ1) is 13.7. The lowest BCUT2D eigenvalue weighted by Gasteiger charge is -2.29. The van der Waals surface area contributed by atoms with E-state index < -0.39 is 5.25 Å². The number of hydrogen-bond donors (Lipinski definition) is 0. The van der Waals surface area contributed by atoms with Crippen molar-refractivity contribution in [1.82, 2.24) is 15.1 Å². The number of morpholine rings is 1. The maximum absolute atomic E-state index is 13.2. The van der Waals surface area contributed by atoms with Crippen molar-refractivity contribution in [2.75, 3.05) is 26.3 Å². The molecule has 28 heavy (non-hydrogen) atoms. The second-order valence-electron chi connectivity index (χ2n) is 6.23.